The number of nitrogens with one attached hydrogen (secondary N) is 1. The molecule has 10 heteroatoms. The maximum atomic E-state index is 14.1. The predicted molar refractivity (Wildman–Crippen MR) is 138 cm³/mol. The van der Waals surface area contributed by atoms with E-state index in [-0.39, 0.29) is 23.6 Å². The van der Waals surface area contributed by atoms with E-state index in [4.69, 9.17) is 16.3 Å². The summed E-state index contributed by atoms with van der Waals surface area (Å²) in [7, 11) is 0. The number of amides is 4. The van der Waals surface area contributed by atoms with Crippen molar-refractivity contribution in [3.05, 3.63) is 96.6 Å². The van der Waals surface area contributed by atoms with Gasteiger partial charge in [-0.25, -0.2) is 14.1 Å². The van der Waals surface area contributed by atoms with Gasteiger partial charge in [0.2, 0.25) is 0 Å². The van der Waals surface area contributed by atoms with Crippen molar-refractivity contribution in [2.24, 2.45) is 0 Å². The van der Waals surface area contributed by atoms with Crippen LogP contribution in [0.1, 0.15) is 16.7 Å². The molecule has 178 valence electrons. The molecule has 0 saturated carbocycles. The molecular weight excluding hydrogens is 607 g/mol. The lowest BCUT2D eigenvalue weighted by Crippen LogP contribution is -2.54. The van der Waals surface area contributed by atoms with E-state index in [1.165, 1.54) is 18.2 Å². The molecule has 4 rings (SSSR count). The number of anilines is 1. The first-order chi connectivity index (χ1) is 16.7. The van der Waals surface area contributed by atoms with Crippen LogP contribution in [0.25, 0.3) is 6.08 Å². The van der Waals surface area contributed by atoms with Crippen molar-refractivity contribution < 1.29 is 23.5 Å². The van der Waals surface area contributed by atoms with E-state index >= 15 is 0 Å². The number of barbiturate groups is 1. The smallest absolute Gasteiger partial charge is 0.335 e. The van der Waals surface area contributed by atoms with Gasteiger partial charge in [0.15, 0.2) is 0 Å². The van der Waals surface area contributed by atoms with Gasteiger partial charge in [-0.15, -0.1) is 0 Å². The summed E-state index contributed by atoms with van der Waals surface area (Å²) in [5.74, 6) is -1.82. The van der Waals surface area contributed by atoms with E-state index < -0.39 is 23.7 Å². The minimum absolute atomic E-state index is 0.0876. The first-order valence-corrected chi connectivity index (χ1v) is 12.1. The lowest BCUT2D eigenvalue weighted by atomic mass is 10.1. The number of ether oxygens (including phenoxy) is 1. The molecule has 4 amide bonds. The highest BCUT2D eigenvalue weighted by Gasteiger charge is 2.37. The van der Waals surface area contributed by atoms with Crippen molar-refractivity contribution in [2.75, 3.05) is 4.90 Å². The molecule has 0 atom stereocenters. The maximum absolute atomic E-state index is 14.1. The molecule has 35 heavy (non-hydrogen) atoms. The van der Waals surface area contributed by atoms with Crippen molar-refractivity contribution in [2.45, 2.75) is 13.5 Å². The molecular formula is C25H16Br2ClFN2O4. The lowest BCUT2D eigenvalue weighted by molar-refractivity contribution is -0.122. The predicted octanol–water partition coefficient (Wildman–Crippen LogP) is 6.56. The standard InChI is InChI=1S/C25H16Br2ClFN2O4/c1-13-6-7-17(11-20(13)28)31-24(33)18(23(32)30-25(31)34)9-15-8-16(26)10-19(27)22(15)35-12-14-4-2-3-5-21(14)29/h2-11H,12H2,1H3,(H,30,32,34)/b18-9+. The Morgan fingerprint density at radius 3 is 2.54 bits per heavy atom. The number of urea groups is 1. The highest BCUT2D eigenvalue weighted by Crippen LogP contribution is 2.36. The summed E-state index contributed by atoms with van der Waals surface area (Å²) in [5.41, 5.74) is 1.38. The number of hydrogen-bond donors (Lipinski definition) is 1. The molecule has 0 spiro atoms. The third-order valence-electron chi connectivity index (χ3n) is 5.18. The second kappa shape index (κ2) is 10.3. The summed E-state index contributed by atoms with van der Waals surface area (Å²) in [5, 5.41) is 2.54. The van der Waals surface area contributed by atoms with Crippen LogP contribution >= 0.6 is 43.5 Å². The highest BCUT2D eigenvalue weighted by molar-refractivity contribution is 9.11. The van der Waals surface area contributed by atoms with E-state index in [1.54, 1.807) is 49.4 Å². The van der Waals surface area contributed by atoms with E-state index in [0.717, 1.165) is 10.5 Å². The fourth-order valence-electron chi connectivity index (χ4n) is 3.37. The SMILES string of the molecule is Cc1ccc(N2C(=O)NC(=O)/C(=C\c3cc(Br)cc(Br)c3OCc3ccccc3F)C2=O)cc1Cl. The fraction of sp³-hybridized carbons (Fsp3) is 0.0800. The average Bonchev–Trinajstić information content (AvgIpc) is 2.79. The number of aryl methyl sites for hydroxylation is 1. The van der Waals surface area contributed by atoms with Crippen molar-refractivity contribution in [1.29, 1.82) is 0 Å². The van der Waals surface area contributed by atoms with Gasteiger partial charge in [0.25, 0.3) is 11.8 Å². The Kier molecular flexibility index (Phi) is 7.39. The number of rotatable bonds is 5. The second-order valence-corrected chi connectivity index (χ2v) is 9.75. The van der Waals surface area contributed by atoms with Crippen LogP contribution in [0.15, 0.2) is 69.1 Å². The zero-order valence-corrected chi connectivity index (χ0v) is 22.0. The van der Waals surface area contributed by atoms with Crippen molar-refractivity contribution >= 4 is 73.1 Å². The van der Waals surface area contributed by atoms with Crippen LogP contribution in [-0.2, 0) is 16.2 Å². The van der Waals surface area contributed by atoms with Gasteiger partial charge in [-0.1, -0.05) is 51.8 Å². The van der Waals surface area contributed by atoms with Gasteiger partial charge in [-0.05, 0) is 64.8 Å². The Labute approximate surface area is 222 Å². The number of imide groups is 2. The molecule has 6 nitrogen and oxygen atoms in total. The Hall–Kier alpha value is -3.01. The summed E-state index contributed by atoms with van der Waals surface area (Å²) in [6.07, 6.45) is 1.32. The molecule has 1 fully saturated rings. The summed E-state index contributed by atoms with van der Waals surface area (Å²) in [6, 6.07) is 13.3. The first kappa shape index (κ1) is 25.1. The number of carbonyl (C=O) groups excluding carboxylic acids is 3. The molecule has 1 N–H and O–H groups in total. The highest BCUT2D eigenvalue weighted by atomic mass is 79.9. The van der Waals surface area contributed by atoms with Gasteiger partial charge in [0.1, 0.15) is 23.7 Å². The Morgan fingerprint density at radius 2 is 1.83 bits per heavy atom. The molecule has 1 aliphatic rings. The minimum atomic E-state index is -0.886. The Balaban J connectivity index is 1.73. The lowest BCUT2D eigenvalue weighted by Gasteiger charge is -2.26. The fourth-order valence-corrected chi connectivity index (χ4v) is 4.92. The molecule has 0 aliphatic carbocycles. The van der Waals surface area contributed by atoms with E-state index in [1.807, 2.05) is 0 Å². The Morgan fingerprint density at radius 1 is 1.09 bits per heavy atom. The number of nitrogens with zero attached hydrogens (tertiary/aromatic N) is 1. The van der Waals surface area contributed by atoms with Crippen LogP contribution in [0.2, 0.25) is 5.02 Å². The number of benzene rings is 3. The molecule has 3 aromatic carbocycles. The zero-order chi connectivity index (χ0) is 25.3. The van der Waals surface area contributed by atoms with E-state index in [9.17, 15) is 18.8 Å². The quantitative estimate of drug-likeness (QED) is 0.259. The van der Waals surface area contributed by atoms with Crippen LogP contribution in [0.3, 0.4) is 0 Å². The molecule has 0 aromatic heterocycles. The average molecular weight is 623 g/mol. The van der Waals surface area contributed by atoms with Crippen molar-refractivity contribution in [1.82, 2.24) is 5.32 Å². The normalized spacial score (nSPS) is 14.9. The van der Waals surface area contributed by atoms with Gasteiger partial charge >= 0.3 is 6.03 Å². The molecule has 0 unspecified atom stereocenters. The molecule has 1 saturated heterocycles. The largest absolute Gasteiger partial charge is 0.487 e. The summed E-state index contributed by atoms with van der Waals surface area (Å²) >= 11 is 13.0. The topological polar surface area (TPSA) is 75.7 Å². The van der Waals surface area contributed by atoms with Gasteiger partial charge < -0.3 is 4.74 Å². The van der Waals surface area contributed by atoms with Crippen molar-refractivity contribution in [3.63, 3.8) is 0 Å². The van der Waals surface area contributed by atoms with Crippen molar-refractivity contribution in [3.8, 4) is 5.75 Å². The number of hydrogen-bond acceptors (Lipinski definition) is 4. The second-order valence-electron chi connectivity index (χ2n) is 7.58. The molecule has 0 radical (unpaired) electrons. The maximum Gasteiger partial charge on any atom is 0.335 e. The van der Waals surface area contributed by atoms with Gasteiger partial charge in [0, 0.05) is 20.6 Å². The van der Waals surface area contributed by atoms with Crippen LogP contribution in [0, 0.1) is 12.7 Å². The van der Waals surface area contributed by atoms with E-state index in [2.05, 4.69) is 37.2 Å². The summed E-state index contributed by atoms with van der Waals surface area (Å²) < 4.78 is 21.1. The van der Waals surface area contributed by atoms with Gasteiger partial charge in [0.05, 0.1) is 10.2 Å². The van der Waals surface area contributed by atoms with Gasteiger partial charge in [-0.2, -0.15) is 0 Å². The summed E-state index contributed by atoms with van der Waals surface area (Å²) in [4.78, 5) is 39.2. The van der Waals surface area contributed by atoms with Crippen LogP contribution < -0.4 is 15.0 Å². The third kappa shape index (κ3) is 5.32. The molecule has 0 bridgehead atoms. The van der Waals surface area contributed by atoms with Gasteiger partial charge in [-0.3, -0.25) is 14.9 Å². The zero-order valence-electron chi connectivity index (χ0n) is 18.1. The van der Waals surface area contributed by atoms with Crippen LogP contribution in [0.5, 0.6) is 5.75 Å². The number of halogens is 4. The molecule has 1 heterocycles. The number of carbonyl (C=O) groups is 3. The minimum Gasteiger partial charge on any atom is -0.487 e. The third-order valence-corrected chi connectivity index (χ3v) is 6.64. The summed E-state index contributed by atoms with van der Waals surface area (Å²) in [6.45, 7) is 1.70. The van der Waals surface area contributed by atoms with Crippen LogP contribution in [0.4, 0.5) is 14.9 Å². The van der Waals surface area contributed by atoms with Crippen LogP contribution in [-0.4, -0.2) is 17.8 Å². The molecule has 3 aromatic rings. The molecule has 1 aliphatic heterocycles. The van der Waals surface area contributed by atoms with E-state index in [0.29, 0.717) is 25.1 Å². The first-order valence-electron chi connectivity index (χ1n) is 10.2. The Bertz CT molecular complexity index is 1410. The monoisotopic (exact) mass is 620 g/mol.